The zero-order valence-electron chi connectivity index (χ0n) is 11.6. The van der Waals surface area contributed by atoms with Crippen molar-refractivity contribution in [2.75, 3.05) is 11.1 Å². The summed E-state index contributed by atoms with van der Waals surface area (Å²) >= 11 is 0. The molecular weight excluding hydrogens is 277 g/mol. The summed E-state index contributed by atoms with van der Waals surface area (Å²) in [6.07, 6.45) is 1.14. The minimum absolute atomic E-state index is 0.0344. The summed E-state index contributed by atoms with van der Waals surface area (Å²) in [7, 11) is 0. The van der Waals surface area contributed by atoms with E-state index in [1.807, 2.05) is 0 Å². The van der Waals surface area contributed by atoms with E-state index in [1.165, 1.54) is 0 Å². The molecule has 0 aliphatic rings. The monoisotopic (exact) mass is 291 g/mol. The number of nitrogen functional groups attached to an aromatic ring is 1. The van der Waals surface area contributed by atoms with Gasteiger partial charge in [0.05, 0.1) is 4.92 Å². The lowest BCUT2D eigenvalue weighted by Crippen LogP contribution is -2.08. The van der Waals surface area contributed by atoms with Crippen molar-refractivity contribution in [3.8, 4) is 0 Å². The van der Waals surface area contributed by atoms with Crippen LogP contribution in [-0.2, 0) is 6.54 Å². The molecule has 0 saturated carbocycles. The number of aromatic nitrogens is 2. The van der Waals surface area contributed by atoms with Crippen molar-refractivity contribution >= 4 is 17.3 Å². The van der Waals surface area contributed by atoms with Crippen molar-refractivity contribution in [2.24, 2.45) is 0 Å². The SMILES string of the molecule is Cc1cc(CNc2ncnc(N)c2[N+](=O)[O-])cc(C)c1F. The van der Waals surface area contributed by atoms with E-state index < -0.39 is 4.92 Å². The van der Waals surface area contributed by atoms with E-state index in [4.69, 9.17) is 5.73 Å². The third-order valence-electron chi connectivity index (χ3n) is 2.99. The van der Waals surface area contributed by atoms with Gasteiger partial charge in [-0.15, -0.1) is 0 Å². The molecule has 110 valence electrons. The quantitative estimate of drug-likeness (QED) is 0.661. The smallest absolute Gasteiger partial charge is 0.352 e. The number of nitrogens with two attached hydrogens (primary N) is 1. The number of rotatable bonds is 4. The fourth-order valence-corrected chi connectivity index (χ4v) is 2.03. The summed E-state index contributed by atoms with van der Waals surface area (Å²) in [5.41, 5.74) is 6.93. The number of benzene rings is 1. The van der Waals surface area contributed by atoms with Gasteiger partial charge in [0, 0.05) is 6.54 Å². The molecule has 0 unspecified atom stereocenters. The Morgan fingerprint density at radius 3 is 2.52 bits per heavy atom. The number of hydrogen-bond acceptors (Lipinski definition) is 6. The van der Waals surface area contributed by atoms with Crippen LogP contribution in [0, 0.1) is 29.8 Å². The van der Waals surface area contributed by atoms with Crippen LogP contribution < -0.4 is 11.1 Å². The van der Waals surface area contributed by atoms with Crippen LogP contribution in [0.5, 0.6) is 0 Å². The molecule has 0 bridgehead atoms. The molecule has 3 N–H and O–H groups in total. The largest absolute Gasteiger partial charge is 0.378 e. The van der Waals surface area contributed by atoms with Crippen LogP contribution in [0.2, 0.25) is 0 Å². The molecule has 0 aliphatic carbocycles. The fraction of sp³-hybridized carbons (Fsp3) is 0.231. The highest BCUT2D eigenvalue weighted by Gasteiger charge is 2.20. The number of nitro groups is 1. The van der Waals surface area contributed by atoms with E-state index in [0.29, 0.717) is 11.1 Å². The predicted molar refractivity (Wildman–Crippen MR) is 76.3 cm³/mol. The summed E-state index contributed by atoms with van der Waals surface area (Å²) < 4.78 is 13.5. The lowest BCUT2D eigenvalue weighted by Gasteiger charge is -2.09. The van der Waals surface area contributed by atoms with Crippen molar-refractivity contribution < 1.29 is 9.31 Å². The molecule has 8 heteroatoms. The Balaban J connectivity index is 2.25. The molecule has 0 fully saturated rings. The normalized spacial score (nSPS) is 10.4. The Hall–Kier alpha value is -2.77. The van der Waals surface area contributed by atoms with E-state index in [9.17, 15) is 14.5 Å². The number of hydrogen-bond donors (Lipinski definition) is 2. The van der Waals surface area contributed by atoms with Crippen LogP contribution >= 0.6 is 0 Å². The Morgan fingerprint density at radius 2 is 1.95 bits per heavy atom. The van der Waals surface area contributed by atoms with Crippen molar-refractivity contribution in [3.05, 3.63) is 51.1 Å². The third kappa shape index (κ3) is 3.04. The average Bonchev–Trinajstić information content (AvgIpc) is 2.41. The lowest BCUT2D eigenvalue weighted by molar-refractivity contribution is -0.383. The van der Waals surface area contributed by atoms with Crippen molar-refractivity contribution in [2.45, 2.75) is 20.4 Å². The Labute approximate surface area is 120 Å². The minimum Gasteiger partial charge on any atom is -0.378 e. The Bertz CT molecular complexity index is 682. The van der Waals surface area contributed by atoms with Gasteiger partial charge in [-0.05, 0) is 30.5 Å². The second-order valence-corrected chi connectivity index (χ2v) is 4.61. The van der Waals surface area contributed by atoms with Gasteiger partial charge in [-0.1, -0.05) is 12.1 Å². The molecular formula is C13H14FN5O2. The zero-order valence-corrected chi connectivity index (χ0v) is 11.6. The molecule has 2 rings (SSSR count). The van der Waals surface area contributed by atoms with Crippen LogP contribution in [0.15, 0.2) is 18.5 Å². The van der Waals surface area contributed by atoms with E-state index >= 15 is 0 Å². The first-order valence-electron chi connectivity index (χ1n) is 6.14. The summed E-state index contributed by atoms with van der Waals surface area (Å²) in [4.78, 5) is 17.7. The highest BCUT2D eigenvalue weighted by atomic mass is 19.1. The van der Waals surface area contributed by atoms with Crippen molar-refractivity contribution in [3.63, 3.8) is 0 Å². The third-order valence-corrected chi connectivity index (χ3v) is 2.99. The first kappa shape index (κ1) is 14.6. The zero-order chi connectivity index (χ0) is 15.6. The number of nitrogens with zero attached hydrogens (tertiary/aromatic N) is 3. The number of nitrogens with one attached hydrogen (secondary N) is 1. The highest BCUT2D eigenvalue weighted by Crippen LogP contribution is 2.26. The number of aryl methyl sites for hydroxylation is 2. The van der Waals surface area contributed by atoms with Crippen LogP contribution in [0.1, 0.15) is 16.7 Å². The fourth-order valence-electron chi connectivity index (χ4n) is 2.03. The molecule has 21 heavy (non-hydrogen) atoms. The van der Waals surface area contributed by atoms with E-state index in [2.05, 4.69) is 15.3 Å². The van der Waals surface area contributed by atoms with Crippen LogP contribution in [-0.4, -0.2) is 14.9 Å². The van der Waals surface area contributed by atoms with Crippen LogP contribution in [0.4, 0.5) is 21.7 Å². The Morgan fingerprint density at radius 1 is 1.33 bits per heavy atom. The summed E-state index contributed by atoms with van der Waals surface area (Å²) in [5.74, 6) is -0.424. The van der Waals surface area contributed by atoms with Gasteiger partial charge in [-0.3, -0.25) is 10.1 Å². The molecule has 2 aromatic rings. The van der Waals surface area contributed by atoms with Crippen LogP contribution in [0.25, 0.3) is 0 Å². The Kier molecular flexibility index (Phi) is 3.97. The van der Waals surface area contributed by atoms with Crippen molar-refractivity contribution in [1.29, 1.82) is 0 Å². The van der Waals surface area contributed by atoms with E-state index in [1.54, 1.807) is 26.0 Å². The van der Waals surface area contributed by atoms with Gasteiger partial charge in [0.25, 0.3) is 0 Å². The first-order chi connectivity index (χ1) is 9.90. The van der Waals surface area contributed by atoms with Crippen molar-refractivity contribution in [1.82, 2.24) is 9.97 Å². The molecule has 0 amide bonds. The summed E-state index contributed by atoms with van der Waals surface area (Å²) in [6.45, 7) is 3.59. The van der Waals surface area contributed by atoms with E-state index in [-0.39, 0.29) is 29.7 Å². The highest BCUT2D eigenvalue weighted by molar-refractivity contribution is 5.67. The maximum atomic E-state index is 13.5. The molecule has 0 atom stereocenters. The minimum atomic E-state index is -0.640. The van der Waals surface area contributed by atoms with E-state index in [0.717, 1.165) is 11.9 Å². The molecule has 0 spiro atoms. The molecule has 7 nitrogen and oxygen atoms in total. The predicted octanol–water partition coefficient (Wildman–Crippen LogP) is 2.34. The topological polar surface area (TPSA) is 107 Å². The maximum absolute atomic E-state index is 13.5. The second kappa shape index (κ2) is 5.70. The van der Waals surface area contributed by atoms with Gasteiger partial charge in [0.15, 0.2) is 0 Å². The van der Waals surface area contributed by atoms with Gasteiger partial charge in [0.1, 0.15) is 12.1 Å². The molecule has 1 heterocycles. The van der Waals surface area contributed by atoms with Gasteiger partial charge in [-0.25, -0.2) is 14.4 Å². The molecule has 0 radical (unpaired) electrons. The number of halogens is 1. The lowest BCUT2D eigenvalue weighted by atomic mass is 10.1. The standard InChI is InChI=1S/C13H14FN5O2/c1-7-3-9(4-8(2)10(7)14)5-16-13-11(19(20)21)12(15)17-6-18-13/h3-4,6H,5H2,1-2H3,(H3,15,16,17,18). The van der Waals surface area contributed by atoms with Gasteiger partial charge in [-0.2, -0.15) is 0 Å². The maximum Gasteiger partial charge on any atom is 0.352 e. The van der Waals surface area contributed by atoms with Crippen LogP contribution in [0.3, 0.4) is 0 Å². The number of anilines is 2. The van der Waals surface area contributed by atoms with Gasteiger partial charge < -0.3 is 11.1 Å². The second-order valence-electron chi connectivity index (χ2n) is 4.61. The first-order valence-corrected chi connectivity index (χ1v) is 6.14. The average molecular weight is 291 g/mol. The summed E-state index contributed by atoms with van der Waals surface area (Å²) in [5, 5.41) is 13.8. The van der Waals surface area contributed by atoms with Gasteiger partial charge in [0.2, 0.25) is 11.6 Å². The molecule has 0 aliphatic heterocycles. The van der Waals surface area contributed by atoms with Gasteiger partial charge >= 0.3 is 5.69 Å². The molecule has 0 saturated heterocycles. The molecule has 1 aromatic heterocycles. The molecule has 1 aromatic carbocycles. The summed E-state index contributed by atoms with van der Waals surface area (Å²) in [6, 6.07) is 3.34.